The first-order chi connectivity index (χ1) is 7.97. The van der Waals surface area contributed by atoms with Gasteiger partial charge in [-0.3, -0.25) is 0 Å². The van der Waals surface area contributed by atoms with Crippen molar-refractivity contribution in [2.75, 3.05) is 13.1 Å². The fraction of sp³-hybridized carbons (Fsp3) is 1.00. The van der Waals surface area contributed by atoms with E-state index in [9.17, 15) is 0 Å². The molecule has 2 fully saturated rings. The summed E-state index contributed by atoms with van der Waals surface area (Å²) in [5.41, 5.74) is 0.674. The lowest BCUT2D eigenvalue weighted by molar-refractivity contribution is -0.137. The normalized spacial score (nSPS) is 39.5. The van der Waals surface area contributed by atoms with E-state index in [1.165, 1.54) is 32.1 Å². The van der Waals surface area contributed by atoms with Gasteiger partial charge in [-0.15, -0.1) is 0 Å². The van der Waals surface area contributed by atoms with E-state index in [0.29, 0.717) is 11.5 Å². The number of ether oxygens (including phenoxy) is 1. The molecule has 1 saturated heterocycles. The minimum absolute atomic E-state index is 0.165. The third kappa shape index (κ3) is 2.85. The molecule has 17 heavy (non-hydrogen) atoms. The zero-order valence-corrected chi connectivity index (χ0v) is 12.0. The molecule has 1 aliphatic carbocycles. The maximum atomic E-state index is 6.25. The van der Waals surface area contributed by atoms with Crippen LogP contribution in [0.15, 0.2) is 0 Å². The third-order valence-corrected chi connectivity index (χ3v) is 5.24. The number of hydrogen-bond donors (Lipinski definition) is 1. The molecule has 2 nitrogen and oxygen atoms in total. The zero-order chi connectivity index (χ0) is 12.5. The summed E-state index contributed by atoms with van der Waals surface area (Å²) in [7, 11) is 0. The summed E-state index contributed by atoms with van der Waals surface area (Å²) in [5, 5.41) is 3.54. The van der Waals surface area contributed by atoms with E-state index in [1.807, 2.05) is 0 Å². The average Bonchev–Trinajstić information content (AvgIpc) is 2.29. The molecular weight excluding hydrogens is 210 g/mol. The highest BCUT2D eigenvalue weighted by Gasteiger charge is 2.42. The van der Waals surface area contributed by atoms with Crippen LogP contribution in [0.3, 0.4) is 0 Å². The fourth-order valence-corrected chi connectivity index (χ4v) is 3.52. The molecule has 1 N–H and O–H groups in total. The standard InChI is InChI=1S/C15H29NO/c1-5-14(3,4)13-6-8-15(9-7-13)11-16-10-12(2)17-15/h12-13,16H,5-11H2,1-4H3. The number of morpholine rings is 1. The summed E-state index contributed by atoms with van der Waals surface area (Å²) < 4.78 is 6.25. The summed E-state index contributed by atoms with van der Waals surface area (Å²) in [6, 6.07) is 0. The van der Waals surface area contributed by atoms with Crippen LogP contribution < -0.4 is 5.32 Å². The van der Waals surface area contributed by atoms with E-state index in [-0.39, 0.29) is 5.60 Å². The van der Waals surface area contributed by atoms with E-state index >= 15 is 0 Å². The van der Waals surface area contributed by atoms with Crippen LogP contribution in [0.5, 0.6) is 0 Å². The van der Waals surface area contributed by atoms with Gasteiger partial charge in [-0.25, -0.2) is 0 Å². The predicted molar refractivity (Wildman–Crippen MR) is 72.2 cm³/mol. The Morgan fingerprint density at radius 3 is 2.47 bits per heavy atom. The molecule has 1 heterocycles. The van der Waals surface area contributed by atoms with Crippen LogP contribution >= 0.6 is 0 Å². The Balaban J connectivity index is 1.93. The largest absolute Gasteiger partial charge is 0.369 e. The Bertz CT molecular complexity index is 254. The Kier molecular flexibility index (Phi) is 3.84. The third-order valence-electron chi connectivity index (χ3n) is 5.24. The first-order valence-electron chi connectivity index (χ1n) is 7.36. The molecule has 0 aromatic heterocycles. The van der Waals surface area contributed by atoms with Crippen molar-refractivity contribution in [3.8, 4) is 0 Å². The topological polar surface area (TPSA) is 21.3 Å². The molecule has 100 valence electrons. The van der Waals surface area contributed by atoms with Crippen LogP contribution in [-0.2, 0) is 4.74 Å². The van der Waals surface area contributed by atoms with Crippen LogP contribution in [0.2, 0.25) is 0 Å². The van der Waals surface area contributed by atoms with Gasteiger partial charge in [-0.2, -0.15) is 0 Å². The molecule has 0 bridgehead atoms. The second-order valence-electron chi connectivity index (χ2n) is 6.86. The van der Waals surface area contributed by atoms with Gasteiger partial charge in [0.2, 0.25) is 0 Å². The van der Waals surface area contributed by atoms with Crippen LogP contribution in [-0.4, -0.2) is 24.8 Å². The lowest BCUT2D eigenvalue weighted by Crippen LogP contribution is -2.55. The van der Waals surface area contributed by atoms with E-state index in [2.05, 4.69) is 33.0 Å². The maximum Gasteiger partial charge on any atom is 0.0810 e. The molecule has 0 aromatic carbocycles. The van der Waals surface area contributed by atoms with Crippen molar-refractivity contribution in [2.24, 2.45) is 11.3 Å². The summed E-state index contributed by atoms with van der Waals surface area (Å²) in [4.78, 5) is 0. The van der Waals surface area contributed by atoms with Gasteiger partial charge in [0.25, 0.3) is 0 Å². The molecule has 2 rings (SSSR count). The van der Waals surface area contributed by atoms with Gasteiger partial charge < -0.3 is 10.1 Å². The van der Waals surface area contributed by atoms with Crippen LogP contribution in [0, 0.1) is 11.3 Å². The highest BCUT2D eigenvalue weighted by atomic mass is 16.5. The Morgan fingerprint density at radius 1 is 1.29 bits per heavy atom. The van der Waals surface area contributed by atoms with Crippen molar-refractivity contribution < 1.29 is 4.74 Å². The first kappa shape index (κ1) is 13.4. The molecule has 1 saturated carbocycles. The summed E-state index contributed by atoms with van der Waals surface area (Å²) in [6.45, 7) is 11.5. The van der Waals surface area contributed by atoms with Crippen molar-refractivity contribution in [3.05, 3.63) is 0 Å². The molecule has 1 atom stereocenters. The molecule has 1 spiro atoms. The van der Waals surface area contributed by atoms with Crippen molar-refractivity contribution in [1.82, 2.24) is 5.32 Å². The van der Waals surface area contributed by atoms with Gasteiger partial charge in [-0.05, 0) is 43.9 Å². The van der Waals surface area contributed by atoms with Gasteiger partial charge >= 0.3 is 0 Å². The fourth-order valence-electron chi connectivity index (χ4n) is 3.52. The second-order valence-corrected chi connectivity index (χ2v) is 6.86. The van der Waals surface area contributed by atoms with Crippen LogP contribution in [0.4, 0.5) is 0 Å². The molecule has 0 radical (unpaired) electrons. The highest BCUT2D eigenvalue weighted by molar-refractivity contribution is 4.95. The van der Waals surface area contributed by atoms with Crippen molar-refractivity contribution in [2.45, 2.75) is 71.5 Å². The van der Waals surface area contributed by atoms with E-state index in [4.69, 9.17) is 4.74 Å². The van der Waals surface area contributed by atoms with Gasteiger partial charge in [0, 0.05) is 13.1 Å². The summed E-state index contributed by atoms with van der Waals surface area (Å²) in [6.07, 6.45) is 6.86. The van der Waals surface area contributed by atoms with Crippen molar-refractivity contribution >= 4 is 0 Å². The van der Waals surface area contributed by atoms with Crippen LogP contribution in [0.1, 0.15) is 59.8 Å². The van der Waals surface area contributed by atoms with E-state index < -0.39 is 0 Å². The quantitative estimate of drug-likeness (QED) is 0.798. The van der Waals surface area contributed by atoms with Crippen molar-refractivity contribution in [3.63, 3.8) is 0 Å². The number of rotatable bonds is 2. The highest BCUT2D eigenvalue weighted by Crippen LogP contribution is 2.45. The number of hydrogen-bond acceptors (Lipinski definition) is 2. The van der Waals surface area contributed by atoms with Crippen molar-refractivity contribution in [1.29, 1.82) is 0 Å². The molecule has 0 amide bonds. The molecule has 1 unspecified atom stereocenters. The van der Waals surface area contributed by atoms with Gasteiger partial charge in [0.15, 0.2) is 0 Å². The Labute approximate surface area is 107 Å². The maximum absolute atomic E-state index is 6.25. The minimum atomic E-state index is 0.165. The minimum Gasteiger partial charge on any atom is -0.369 e. The Morgan fingerprint density at radius 2 is 1.94 bits per heavy atom. The molecular formula is C15H29NO. The summed E-state index contributed by atoms with van der Waals surface area (Å²) >= 11 is 0. The number of nitrogens with one attached hydrogen (secondary N) is 1. The molecule has 1 aliphatic heterocycles. The van der Waals surface area contributed by atoms with E-state index in [1.54, 1.807) is 0 Å². The lowest BCUT2D eigenvalue weighted by Gasteiger charge is -2.48. The first-order valence-corrected chi connectivity index (χ1v) is 7.36. The molecule has 2 heteroatoms. The second kappa shape index (κ2) is 4.89. The average molecular weight is 239 g/mol. The molecule has 2 aliphatic rings. The SMILES string of the molecule is CCC(C)(C)C1CCC2(CC1)CNCC(C)O2. The molecule has 0 aromatic rings. The zero-order valence-electron chi connectivity index (χ0n) is 12.0. The van der Waals surface area contributed by atoms with Gasteiger partial charge in [-0.1, -0.05) is 27.2 Å². The van der Waals surface area contributed by atoms with Gasteiger partial charge in [0.05, 0.1) is 11.7 Å². The van der Waals surface area contributed by atoms with Crippen LogP contribution in [0.25, 0.3) is 0 Å². The van der Waals surface area contributed by atoms with Gasteiger partial charge in [0.1, 0.15) is 0 Å². The predicted octanol–water partition coefficient (Wildman–Crippen LogP) is 3.36. The lowest BCUT2D eigenvalue weighted by atomic mass is 9.66. The Hall–Kier alpha value is -0.0800. The summed E-state index contributed by atoms with van der Waals surface area (Å²) in [5.74, 6) is 0.888. The van der Waals surface area contributed by atoms with E-state index in [0.717, 1.165) is 19.0 Å². The monoisotopic (exact) mass is 239 g/mol. The smallest absolute Gasteiger partial charge is 0.0810 e.